The summed E-state index contributed by atoms with van der Waals surface area (Å²) >= 11 is 0. The van der Waals surface area contributed by atoms with Gasteiger partial charge in [-0.3, -0.25) is 4.79 Å². The molecule has 0 unspecified atom stereocenters. The zero-order chi connectivity index (χ0) is 13.0. The number of carbonyl (C=O) groups is 1. The van der Waals surface area contributed by atoms with E-state index in [1.165, 1.54) is 11.1 Å². The minimum absolute atomic E-state index is 0.276. The van der Waals surface area contributed by atoms with Gasteiger partial charge in [0.25, 0.3) is 0 Å². The Bertz CT molecular complexity index is 506. The van der Waals surface area contributed by atoms with Crippen LogP contribution in [0.2, 0.25) is 0 Å². The second-order valence-electron chi connectivity index (χ2n) is 4.75. The van der Waals surface area contributed by atoms with Gasteiger partial charge < -0.3 is 0 Å². The number of Topliss-reactive ketones (excluding diaryl/α,β-unsaturated/α-hetero) is 1. The average molecular weight is 238 g/mol. The maximum absolute atomic E-state index is 12.1. The SMILES string of the molecule is Cc1ccccc1CC(=O)Cc1ccccc1C. The van der Waals surface area contributed by atoms with Crippen molar-refractivity contribution in [1.82, 2.24) is 0 Å². The van der Waals surface area contributed by atoms with Gasteiger partial charge in [0.05, 0.1) is 0 Å². The highest BCUT2D eigenvalue weighted by atomic mass is 16.1. The van der Waals surface area contributed by atoms with Crippen molar-refractivity contribution >= 4 is 5.78 Å². The smallest absolute Gasteiger partial charge is 0.141 e. The second-order valence-corrected chi connectivity index (χ2v) is 4.75. The van der Waals surface area contributed by atoms with Gasteiger partial charge in [-0.05, 0) is 36.1 Å². The van der Waals surface area contributed by atoms with E-state index in [1.54, 1.807) is 0 Å². The minimum Gasteiger partial charge on any atom is -0.299 e. The molecule has 1 nitrogen and oxygen atoms in total. The topological polar surface area (TPSA) is 17.1 Å². The molecule has 0 atom stereocenters. The van der Waals surface area contributed by atoms with Gasteiger partial charge >= 0.3 is 0 Å². The lowest BCUT2D eigenvalue weighted by molar-refractivity contribution is -0.117. The van der Waals surface area contributed by atoms with Crippen molar-refractivity contribution in [3.8, 4) is 0 Å². The molecule has 0 radical (unpaired) electrons. The van der Waals surface area contributed by atoms with Crippen LogP contribution in [0.1, 0.15) is 22.3 Å². The predicted octanol–water partition coefficient (Wildman–Crippen LogP) is 3.66. The number of rotatable bonds is 4. The van der Waals surface area contributed by atoms with Crippen molar-refractivity contribution in [2.24, 2.45) is 0 Å². The van der Waals surface area contributed by atoms with E-state index in [0.29, 0.717) is 12.8 Å². The number of hydrogen-bond donors (Lipinski definition) is 0. The number of carbonyl (C=O) groups excluding carboxylic acids is 1. The lowest BCUT2D eigenvalue weighted by Gasteiger charge is -2.07. The molecule has 2 aromatic rings. The molecule has 0 fully saturated rings. The van der Waals surface area contributed by atoms with E-state index >= 15 is 0 Å². The molecule has 18 heavy (non-hydrogen) atoms. The van der Waals surface area contributed by atoms with E-state index in [9.17, 15) is 4.79 Å². The number of aryl methyl sites for hydroxylation is 2. The zero-order valence-corrected chi connectivity index (χ0v) is 10.9. The summed E-state index contributed by atoms with van der Waals surface area (Å²) in [5, 5.41) is 0. The summed E-state index contributed by atoms with van der Waals surface area (Å²) in [5.41, 5.74) is 4.65. The van der Waals surface area contributed by atoms with Crippen LogP contribution in [0, 0.1) is 13.8 Å². The Balaban J connectivity index is 2.06. The fourth-order valence-corrected chi connectivity index (χ4v) is 2.10. The van der Waals surface area contributed by atoms with Gasteiger partial charge in [-0.1, -0.05) is 48.5 Å². The summed E-state index contributed by atoms with van der Waals surface area (Å²) < 4.78 is 0. The van der Waals surface area contributed by atoms with Crippen LogP contribution < -0.4 is 0 Å². The Labute approximate surface area is 108 Å². The second kappa shape index (κ2) is 5.63. The molecule has 0 amide bonds. The van der Waals surface area contributed by atoms with Gasteiger partial charge in [0, 0.05) is 12.8 Å². The zero-order valence-electron chi connectivity index (χ0n) is 10.9. The van der Waals surface area contributed by atoms with Gasteiger partial charge in [0.2, 0.25) is 0 Å². The standard InChI is InChI=1S/C17H18O/c1-13-7-3-5-9-15(13)11-17(18)12-16-10-6-4-8-14(16)2/h3-10H,11-12H2,1-2H3. The lowest BCUT2D eigenvalue weighted by Crippen LogP contribution is -2.08. The van der Waals surface area contributed by atoms with Crippen molar-refractivity contribution in [1.29, 1.82) is 0 Å². The van der Waals surface area contributed by atoms with Crippen LogP contribution in [0.25, 0.3) is 0 Å². The third-order valence-corrected chi connectivity index (χ3v) is 3.30. The van der Waals surface area contributed by atoms with E-state index in [2.05, 4.69) is 26.0 Å². The van der Waals surface area contributed by atoms with Crippen molar-refractivity contribution in [3.05, 3.63) is 70.8 Å². The molecule has 0 aliphatic rings. The summed E-state index contributed by atoms with van der Waals surface area (Å²) in [4.78, 5) is 12.1. The van der Waals surface area contributed by atoms with Gasteiger partial charge in [-0.2, -0.15) is 0 Å². The maximum Gasteiger partial charge on any atom is 0.141 e. The molecular weight excluding hydrogens is 220 g/mol. The Hall–Kier alpha value is -1.89. The van der Waals surface area contributed by atoms with E-state index in [1.807, 2.05) is 36.4 Å². The summed E-state index contributed by atoms with van der Waals surface area (Å²) in [6.45, 7) is 4.10. The fraction of sp³-hybridized carbons (Fsp3) is 0.235. The fourth-order valence-electron chi connectivity index (χ4n) is 2.10. The quantitative estimate of drug-likeness (QED) is 0.794. The highest BCUT2D eigenvalue weighted by molar-refractivity contribution is 5.83. The third-order valence-electron chi connectivity index (χ3n) is 3.30. The average Bonchev–Trinajstić information content (AvgIpc) is 2.35. The van der Waals surface area contributed by atoms with Crippen LogP contribution >= 0.6 is 0 Å². The molecule has 0 aliphatic heterocycles. The molecule has 0 saturated heterocycles. The van der Waals surface area contributed by atoms with Gasteiger partial charge in [-0.15, -0.1) is 0 Å². The predicted molar refractivity (Wildman–Crippen MR) is 74.8 cm³/mol. The largest absolute Gasteiger partial charge is 0.299 e. The first-order valence-corrected chi connectivity index (χ1v) is 6.27. The monoisotopic (exact) mass is 238 g/mol. The van der Waals surface area contributed by atoms with Crippen LogP contribution in [-0.4, -0.2) is 5.78 Å². The molecule has 0 heterocycles. The van der Waals surface area contributed by atoms with E-state index in [4.69, 9.17) is 0 Å². The molecule has 2 aromatic carbocycles. The molecule has 0 bridgehead atoms. The molecular formula is C17H18O. The number of ketones is 1. The Kier molecular flexibility index (Phi) is 3.93. The molecule has 0 saturated carbocycles. The van der Waals surface area contributed by atoms with Crippen LogP contribution in [0.5, 0.6) is 0 Å². The van der Waals surface area contributed by atoms with Gasteiger partial charge in [-0.25, -0.2) is 0 Å². The molecule has 0 aliphatic carbocycles. The summed E-state index contributed by atoms with van der Waals surface area (Å²) in [6.07, 6.45) is 1.06. The normalized spacial score (nSPS) is 10.3. The third kappa shape index (κ3) is 3.07. The van der Waals surface area contributed by atoms with Crippen LogP contribution in [0.3, 0.4) is 0 Å². The van der Waals surface area contributed by atoms with Gasteiger partial charge in [0.1, 0.15) is 5.78 Å². The van der Waals surface area contributed by atoms with E-state index < -0.39 is 0 Å². The van der Waals surface area contributed by atoms with Crippen LogP contribution in [0.4, 0.5) is 0 Å². The first-order chi connectivity index (χ1) is 8.66. The molecule has 0 N–H and O–H groups in total. The molecule has 2 rings (SSSR count). The number of benzene rings is 2. The van der Waals surface area contributed by atoms with Crippen LogP contribution in [-0.2, 0) is 17.6 Å². The lowest BCUT2D eigenvalue weighted by atomic mass is 9.97. The Morgan fingerprint density at radius 2 is 1.17 bits per heavy atom. The maximum atomic E-state index is 12.1. The Morgan fingerprint density at radius 1 is 0.778 bits per heavy atom. The minimum atomic E-state index is 0.276. The van der Waals surface area contributed by atoms with Crippen molar-refractivity contribution in [2.45, 2.75) is 26.7 Å². The summed E-state index contributed by atoms with van der Waals surface area (Å²) in [5.74, 6) is 0.276. The first kappa shape index (κ1) is 12.6. The number of hydrogen-bond acceptors (Lipinski definition) is 1. The van der Waals surface area contributed by atoms with Crippen molar-refractivity contribution in [3.63, 3.8) is 0 Å². The van der Waals surface area contributed by atoms with Crippen molar-refractivity contribution in [2.75, 3.05) is 0 Å². The van der Waals surface area contributed by atoms with Gasteiger partial charge in [0.15, 0.2) is 0 Å². The molecule has 92 valence electrons. The van der Waals surface area contributed by atoms with E-state index in [-0.39, 0.29) is 5.78 Å². The summed E-state index contributed by atoms with van der Waals surface area (Å²) in [6, 6.07) is 16.2. The molecule has 0 spiro atoms. The highest BCUT2D eigenvalue weighted by Crippen LogP contribution is 2.12. The summed E-state index contributed by atoms with van der Waals surface area (Å²) in [7, 11) is 0. The van der Waals surface area contributed by atoms with Crippen molar-refractivity contribution < 1.29 is 4.79 Å². The molecule has 1 heteroatoms. The highest BCUT2D eigenvalue weighted by Gasteiger charge is 2.08. The molecule has 0 aromatic heterocycles. The van der Waals surface area contributed by atoms with E-state index in [0.717, 1.165) is 11.1 Å². The Morgan fingerprint density at radius 3 is 1.56 bits per heavy atom. The first-order valence-electron chi connectivity index (χ1n) is 6.27. The van der Waals surface area contributed by atoms with Crippen LogP contribution in [0.15, 0.2) is 48.5 Å².